The van der Waals surface area contributed by atoms with Crippen LogP contribution in [0.2, 0.25) is 0 Å². The maximum atomic E-state index is 11.4. The third-order valence-electron chi connectivity index (χ3n) is 3.29. The molecule has 1 saturated heterocycles. The van der Waals surface area contributed by atoms with E-state index in [9.17, 15) is 14.4 Å². The number of aliphatic carboxylic acids is 1. The number of likely N-dealkylation sites (tertiary alicyclic amines) is 1. The fourth-order valence-corrected chi connectivity index (χ4v) is 2.27. The molecule has 2 atom stereocenters. The molecule has 0 bridgehead atoms. The minimum absolute atomic E-state index is 0.115. The van der Waals surface area contributed by atoms with Crippen LogP contribution in [0.1, 0.15) is 26.2 Å². The highest BCUT2D eigenvalue weighted by Crippen LogP contribution is 2.25. The summed E-state index contributed by atoms with van der Waals surface area (Å²) in [6.07, 6.45) is 2.34. The maximum Gasteiger partial charge on any atom is 0.320 e. The molecule has 1 heterocycles. The number of rotatable bonds is 4. The molecule has 0 saturated carbocycles. The number of piperidine rings is 1. The lowest BCUT2D eigenvalue weighted by molar-refractivity contribution is -0.146. The van der Waals surface area contributed by atoms with Crippen molar-refractivity contribution in [3.63, 3.8) is 0 Å². The zero-order chi connectivity index (χ0) is 13.7. The predicted molar refractivity (Wildman–Crippen MR) is 63.7 cm³/mol. The lowest BCUT2D eigenvalue weighted by Gasteiger charge is -2.36. The summed E-state index contributed by atoms with van der Waals surface area (Å²) in [6, 6.07) is -1.59. The van der Waals surface area contributed by atoms with Gasteiger partial charge in [0.1, 0.15) is 6.04 Å². The van der Waals surface area contributed by atoms with Gasteiger partial charge in [-0.05, 0) is 25.3 Å². The quantitative estimate of drug-likeness (QED) is 0.643. The van der Waals surface area contributed by atoms with Crippen LogP contribution in [0.25, 0.3) is 0 Å². The Balaban J connectivity index is 2.60. The average Bonchev–Trinajstić information content (AvgIpc) is 2.28. The number of nitrogens with two attached hydrogens (primary N) is 1. The predicted octanol–water partition coefficient (Wildman–Crippen LogP) is -0.243. The Bertz CT molecular complexity index is 345. The molecule has 2 unspecified atom stereocenters. The highest BCUT2D eigenvalue weighted by molar-refractivity contribution is 5.94. The van der Waals surface area contributed by atoms with E-state index in [0.717, 1.165) is 12.8 Å². The van der Waals surface area contributed by atoms with Crippen molar-refractivity contribution in [1.82, 2.24) is 10.2 Å². The number of carbonyl (C=O) groups is 3. The van der Waals surface area contributed by atoms with E-state index in [4.69, 9.17) is 10.8 Å². The molecule has 7 heteroatoms. The number of amides is 3. The van der Waals surface area contributed by atoms with Gasteiger partial charge in [-0.2, -0.15) is 0 Å². The molecule has 1 aliphatic heterocycles. The molecule has 0 aromatic rings. The van der Waals surface area contributed by atoms with Gasteiger partial charge in [-0.1, -0.05) is 13.3 Å². The van der Waals surface area contributed by atoms with Crippen LogP contribution in [0.4, 0.5) is 4.79 Å². The van der Waals surface area contributed by atoms with E-state index in [1.54, 1.807) is 4.90 Å². The Morgan fingerprint density at radius 3 is 2.61 bits per heavy atom. The van der Waals surface area contributed by atoms with Gasteiger partial charge in [-0.3, -0.25) is 19.8 Å². The molecule has 3 amide bonds. The van der Waals surface area contributed by atoms with Crippen molar-refractivity contribution < 1.29 is 19.5 Å². The Morgan fingerprint density at radius 1 is 1.44 bits per heavy atom. The van der Waals surface area contributed by atoms with E-state index >= 15 is 0 Å². The summed E-state index contributed by atoms with van der Waals surface area (Å²) >= 11 is 0. The average molecular weight is 257 g/mol. The van der Waals surface area contributed by atoms with Crippen LogP contribution in [0.5, 0.6) is 0 Å². The number of urea groups is 1. The van der Waals surface area contributed by atoms with Crippen molar-refractivity contribution in [2.75, 3.05) is 13.1 Å². The van der Waals surface area contributed by atoms with E-state index in [0.29, 0.717) is 18.9 Å². The first kappa shape index (κ1) is 14.4. The summed E-state index contributed by atoms with van der Waals surface area (Å²) in [5, 5.41) is 11.1. The van der Waals surface area contributed by atoms with Crippen LogP contribution >= 0.6 is 0 Å². The first-order chi connectivity index (χ1) is 8.43. The molecule has 0 aromatic heterocycles. The summed E-state index contributed by atoms with van der Waals surface area (Å²) in [5.74, 6) is -1.12. The number of carboxylic acids is 1. The summed E-state index contributed by atoms with van der Waals surface area (Å²) in [7, 11) is 0. The second kappa shape index (κ2) is 6.34. The molecule has 4 N–H and O–H groups in total. The molecule has 0 spiro atoms. The van der Waals surface area contributed by atoms with Gasteiger partial charge in [0, 0.05) is 0 Å². The minimum atomic E-state index is -0.931. The van der Waals surface area contributed by atoms with Gasteiger partial charge in [0.25, 0.3) is 0 Å². The van der Waals surface area contributed by atoms with Crippen LogP contribution in [0.15, 0.2) is 0 Å². The molecule has 0 aliphatic carbocycles. The van der Waals surface area contributed by atoms with Gasteiger partial charge in [0.05, 0.1) is 6.54 Å². The lowest BCUT2D eigenvalue weighted by atomic mass is 9.89. The van der Waals surface area contributed by atoms with Crippen LogP contribution in [0.3, 0.4) is 0 Å². The van der Waals surface area contributed by atoms with Gasteiger partial charge < -0.3 is 10.8 Å². The third-order valence-corrected chi connectivity index (χ3v) is 3.29. The van der Waals surface area contributed by atoms with E-state index in [1.165, 1.54) is 0 Å². The van der Waals surface area contributed by atoms with E-state index in [1.807, 2.05) is 12.2 Å². The normalized spacial score (nSPS) is 24.5. The molecule has 102 valence electrons. The van der Waals surface area contributed by atoms with Crippen molar-refractivity contribution in [3.05, 3.63) is 0 Å². The Hall–Kier alpha value is -1.63. The molecule has 18 heavy (non-hydrogen) atoms. The summed E-state index contributed by atoms with van der Waals surface area (Å²) in [4.78, 5) is 34.7. The number of nitrogens with zero attached hydrogens (tertiary/aromatic N) is 1. The number of primary amides is 1. The SMILES string of the molecule is CCC1CCN(CC(=O)NC(N)=O)C(C(=O)O)C1. The number of carboxylic acid groups (broad SMARTS) is 1. The fourth-order valence-electron chi connectivity index (χ4n) is 2.27. The number of hydrogen-bond acceptors (Lipinski definition) is 4. The second-order valence-electron chi connectivity index (χ2n) is 4.54. The molecule has 0 aromatic carbocycles. The first-order valence-corrected chi connectivity index (χ1v) is 6.00. The van der Waals surface area contributed by atoms with Gasteiger partial charge >= 0.3 is 12.0 Å². The standard InChI is InChI=1S/C11H19N3O4/c1-2-7-3-4-14(8(5-7)10(16)17)6-9(15)13-11(12)18/h7-8H,2-6H2,1H3,(H,16,17)(H3,12,13,15,18). The van der Waals surface area contributed by atoms with Crippen LogP contribution in [-0.2, 0) is 9.59 Å². The first-order valence-electron chi connectivity index (χ1n) is 6.00. The zero-order valence-corrected chi connectivity index (χ0v) is 10.4. The summed E-state index contributed by atoms with van der Waals surface area (Å²) in [6.45, 7) is 2.46. The largest absolute Gasteiger partial charge is 0.480 e. The Kier molecular flexibility index (Phi) is 5.08. The van der Waals surface area contributed by atoms with Crippen molar-refractivity contribution in [2.45, 2.75) is 32.2 Å². The number of hydrogen-bond donors (Lipinski definition) is 3. The number of carbonyl (C=O) groups excluding carboxylic acids is 2. The van der Waals surface area contributed by atoms with Crippen molar-refractivity contribution in [3.8, 4) is 0 Å². The fraction of sp³-hybridized carbons (Fsp3) is 0.727. The third kappa shape index (κ3) is 3.99. The van der Waals surface area contributed by atoms with Gasteiger partial charge in [0.15, 0.2) is 0 Å². The topological polar surface area (TPSA) is 113 Å². The number of nitrogens with one attached hydrogen (secondary N) is 1. The molecular formula is C11H19N3O4. The van der Waals surface area contributed by atoms with Crippen molar-refractivity contribution >= 4 is 17.9 Å². The molecule has 1 fully saturated rings. The highest BCUT2D eigenvalue weighted by atomic mass is 16.4. The molecule has 1 aliphatic rings. The monoisotopic (exact) mass is 257 g/mol. The number of imide groups is 1. The minimum Gasteiger partial charge on any atom is -0.480 e. The Morgan fingerprint density at radius 2 is 2.11 bits per heavy atom. The van der Waals surface area contributed by atoms with Gasteiger partial charge in [-0.15, -0.1) is 0 Å². The van der Waals surface area contributed by atoms with Crippen LogP contribution in [-0.4, -0.2) is 47.0 Å². The molecule has 7 nitrogen and oxygen atoms in total. The van der Waals surface area contributed by atoms with Crippen molar-refractivity contribution in [2.24, 2.45) is 11.7 Å². The van der Waals surface area contributed by atoms with Crippen molar-refractivity contribution in [1.29, 1.82) is 0 Å². The van der Waals surface area contributed by atoms with E-state index in [-0.39, 0.29) is 6.54 Å². The molecule has 1 rings (SSSR count). The molecule has 0 radical (unpaired) electrons. The maximum absolute atomic E-state index is 11.4. The Labute approximate surface area is 105 Å². The summed E-state index contributed by atoms with van der Waals surface area (Å²) in [5.41, 5.74) is 4.83. The van der Waals surface area contributed by atoms with E-state index < -0.39 is 23.9 Å². The van der Waals surface area contributed by atoms with E-state index in [2.05, 4.69) is 0 Å². The summed E-state index contributed by atoms with van der Waals surface area (Å²) < 4.78 is 0. The van der Waals surface area contributed by atoms with Crippen LogP contribution < -0.4 is 11.1 Å². The smallest absolute Gasteiger partial charge is 0.320 e. The second-order valence-corrected chi connectivity index (χ2v) is 4.54. The van der Waals surface area contributed by atoms with Gasteiger partial charge in [-0.25, -0.2) is 4.79 Å². The zero-order valence-electron chi connectivity index (χ0n) is 10.4. The van der Waals surface area contributed by atoms with Gasteiger partial charge in [0.2, 0.25) is 5.91 Å². The highest BCUT2D eigenvalue weighted by Gasteiger charge is 2.33. The van der Waals surface area contributed by atoms with Crippen LogP contribution in [0, 0.1) is 5.92 Å². The molecular weight excluding hydrogens is 238 g/mol. The lowest BCUT2D eigenvalue weighted by Crippen LogP contribution is -2.51.